The first-order valence-electron chi connectivity index (χ1n) is 14.2. The maximum absolute atomic E-state index is 12.9. The van der Waals surface area contributed by atoms with E-state index in [0.29, 0.717) is 43.3 Å². The van der Waals surface area contributed by atoms with Crippen LogP contribution < -0.4 is 4.72 Å². The highest BCUT2D eigenvalue weighted by Gasteiger charge is 2.59. The number of allylic oxidation sites excluding steroid dienone is 1. The van der Waals surface area contributed by atoms with Crippen LogP contribution in [-0.4, -0.2) is 55.8 Å². The van der Waals surface area contributed by atoms with E-state index in [9.17, 15) is 18.3 Å². The Hall–Kier alpha value is -0.920. The second-order valence-corrected chi connectivity index (χ2v) is 14.9. The fourth-order valence-electron chi connectivity index (χ4n) is 9.33. The molecule has 1 heterocycles. The number of aliphatic hydroxyl groups excluding tert-OH is 1. The molecule has 1 aliphatic heterocycles. The van der Waals surface area contributed by atoms with E-state index in [1.54, 1.807) is 10.5 Å². The smallest absolute Gasteiger partial charge is 0.222 e. The highest BCUT2D eigenvalue weighted by Crippen LogP contribution is 2.67. The number of aliphatic hydroxyl groups is 1. The Morgan fingerprint density at radius 3 is 2.77 bits per heavy atom. The topological polar surface area (TPSA) is 86.7 Å². The average molecular weight is 507 g/mol. The zero-order chi connectivity index (χ0) is 25.0. The monoisotopic (exact) mass is 506 g/mol. The molecule has 8 atom stereocenters. The van der Waals surface area contributed by atoms with Crippen LogP contribution >= 0.6 is 0 Å². The van der Waals surface area contributed by atoms with E-state index in [1.165, 1.54) is 32.1 Å². The molecule has 0 aromatic heterocycles. The zero-order valence-corrected chi connectivity index (χ0v) is 22.8. The largest absolute Gasteiger partial charge is 0.393 e. The summed E-state index contributed by atoms with van der Waals surface area (Å²) < 4.78 is 26.2. The molecule has 1 saturated heterocycles. The number of hydrogen-bond donors (Lipinski definition) is 2. The van der Waals surface area contributed by atoms with E-state index >= 15 is 0 Å². The van der Waals surface area contributed by atoms with Crippen LogP contribution in [0.3, 0.4) is 0 Å². The van der Waals surface area contributed by atoms with Gasteiger partial charge in [0.1, 0.15) is 0 Å². The zero-order valence-electron chi connectivity index (χ0n) is 22.0. The SMILES string of the molecule is CC(CCC(=O)N1CCNS(=O)(=O)CC1)[C@H]1CC[C@H]2[C@@H]3CC=C4C[C@@H](O)CC[C@]4(C)[C@H]3CC[C@]12C. The number of carbonyl (C=O) groups is 1. The summed E-state index contributed by atoms with van der Waals surface area (Å²) in [5, 5.41) is 10.3. The summed E-state index contributed by atoms with van der Waals surface area (Å²) in [4.78, 5) is 14.6. The number of carbonyl (C=O) groups excluding carboxylic acids is 1. The van der Waals surface area contributed by atoms with Gasteiger partial charge in [0.2, 0.25) is 15.9 Å². The van der Waals surface area contributed by atoms with Crippen molar-refractivity contribution in [1.82, 2.24) is 9.62 Å². The van der Waals surface area contributed by atoms with Crippen LogP contribution in [0.4, 0.5) is 0 Å². The number of hydrogen-bond acceptors (Lipinski definition) is 4. The van der Waals surface area contributed by atoms with Gasteiger partial charge >= 0.3 is 0 Å². The van der Waals surface area contributed by atoms with E-state index in [0.717, 1.165) is 43.4 Å². The summed E-state index contributed by atoms with van der Waals surface area (Å²) in [7, 11) is -3.24. The molecule has 0 aromatic carbocycles. The van der Waals surface area contributed by atoms with Crippen LogP contribution in [0, 0.1) is 40.4 Å². The predicted octanol–water partition coefficient (Wildman–Crippen LogP) is 4.10. The molecule has 0 radical (unpaired) electrons. The van der Waals surface area contributed by atoms with Crippen molar-refractivity contribution < 1.29 is 18.3 Å². The molecule has 6 nitrogen and oxygen atoms in total. The Kier molecular flexibility index (Phi) is 6.93. The van der Waals surface area contributed by atoms with Gasteiger partial charge in [0.25, 0.3) is 0 Å². The molecule has 2 N–H and O–H groups in total. The van der Waals surface area contributed by atoms with Crippen molar-refractivity contribution in [3.05, 3.63) is 11.6 Å². The van der Waals surface area contributed by atoms with Crippen LogP contribution in [0.2, 0.25) is 0 Å². The molecular formula is C28H46N2O4S. The highest BCUT2D eigenvalue weighted by atomic mass is 32.2. The van der Waals surface area contributed by atoms with E-state index in [4.69, 9.17) is 0 Å². The lowest BCUT2D eigenvalue weighted by Gasteiger charge is -2.58. The number of amides is 1. The van der Waals surface area contributed by atoms with E-state index < -0.39 is 10.0 Å². The Morgan fingerprint density at radius 2 is 1.97 bits per heavy atom. The molecule has 4 fully saturated rings. The van der Waals surface area contributed by atoms with Crippen molar-refractivity contribution in [2.24, 2.45) is 40.4 Å². The minimum Gasteiger partial charge on any atom is -0.393 e. The van der Waals surface area contributed by atoms with Gasteiger partial charge in [-0.2, -0.15) is 0 Å². The summed E-state index contributed by atoms with van der Waals surface area (Å²) in [5.41, 5.74) is 2.19. The maximum Gasteiger partial charge on any atom is 0.222 e. The number of fused-ring (bicyclic) bond motifs is 5. The summed E-state index contributed by atoms with van der Waals surface area (Å²) in [6, 6.07) is 0. The highest BCUT2D eigenvalue weighted by molar-refractivity contribution is 7.89. The van der Waals surface area contributed by atoms with Crippen molar-refractivity contribution in [3.8, 4) is 0 Å². The normalized spacial score (nSPS) is 43.8. The molecule has 0 aromatic rings. The number of nitrogens with one attached hydrogen (secondary N) is 1. The fraction of sp³-hybridized carbons (Fsp3) is 0.893. The Bertz CT molecular complexity index is 964. The quantitative estimate of drug-likeness (QED) is 0.562. The lowest BCUT2D eigenvalue weighted by Crippen LogP contribution is -2.50. The van der Waals surface area contributed by atoms with Crippen LogP contribution in [0.1, 0.15) is 85.0 Å². The molecule has 1 unspecified atom stereocenters. The number of nitrogens with zero attached hydrogens (tertiary/aromatic N) is 1. The lowest BCUT2D eigenvalue weighted by molar-refractivity contribution is -0.131. The molecule has 0 spiro atoms. The molecule has 35 heavy (non-hydrogen) atoms. The lowest BCUT2D eigenvalue weighted by atomic mass is 9.47. The summed E-state index contributed by atoms with van der Waals surface area (Å²) in [6.07, 6.45) is 13.1. The Balaban J connectivity index is 1.22. The van der Waals surface area contributed by atoms with Gasteiger partial charge in [0.15, 0.2) is 0 Å². The molecule has 4 aliphatic carbocycles. The van der Waals surface area contributed by atoms with Crippen molar-refractivity contribution in [2.75, 3.05) is 25.4 Å². The first kappa shape index (κ1) is 25.7. The van der Waals surface area contributed by atoms with Crippen LogP contribution in [-0.2, 0) is 14.8 Å². The second-order valence-electron chi connectivity index (χ2n) is 13.0. The fourth-order valence-corrected chi connectivity index (χ4v) is 10.3. The summed E-state index contributed by atoms with van der Waals surface area (Å²) in [6.45, 7) is 8.51. The van der Waals surface area contributed by atoms with Gasteiger partial charge in [-0.15, -0.1) is 0 Å². The summed E-state index contributed by atoms with van der Waals surface area (Å²) in [5.74, 6) is 3.59. The standard InChI is InChI=1S/C28H46N2O4S/c1-19(4-9-26(32)30-15-14-29-35(33,34)17-16-30)23-7-8-24-22-6-5-20-18-21(31)10-12-27(20,2)25(22)11-13-28(23,24)3/h5,19,21-25,29,31H,4,6-18H2,1-3H3/t19?,21-,22-,23+,24-,25-,27-,28+/m0/s1. The first-order chi connectivity index (χ1) is 16.5. The molecule has 1 amide bonds. The second kappa shape index (κ2) is 9.43. The van der Waals surface area contributed by atoms with Gasteiger partial charge < -0.3 is 10.0 Å². The van der Waals surface area contributed by atoms with Crippen molar-refractivity contribution in [3.63, 3.8) is 0 Å². The number of rotatable bonds is 4. The van der Waals surface area contributed by atoms with Crippen LogP contribution in [0.25, 0.3) is 0 Å². The van der Waals surface area contributed by atoms with Crippen molar-refractivity contribution in [2.45, 2.75) is 91.1 Å². The van der Waals surface area contributed by atoms with Gasteiger partial charge in [-0.3, -0.25) is 4.79 Å². The van der Waals surface area contributed by atoms with Crippen molar-refractivity contribution >= 4 is 15.9 Å². The molecular weight excluding hydrogens is 460 g/mol. The van der Waals surface area contributed by atoms with Crippen LogP contribution in [0.5, 0.6) is 0 Å². The first-order valence-corrected chi connectivity index (χ1v) is 15.8. The minimum absolute atomic E-state index is 0.00721. The molecule has 0 bridgehead atoms. The Labute approximate surface area is 212 Å². The molecule has 5 rings (SSSR count). The third-order valence-electron chi connectivity index (χ3n) is 11.3. The van der Waals surface area contributed by atoms with Crippen molar-refractivity contribution in [1.29, 1.82) is 0 Å². The average Bonchev–Trinajstić information content (AvgIpc) is 3.06. The molecule has 3 saturated carbocycles. The third-order valence-corrected chi connectivity index (χ3v) is 12.7. The van der Waals surface area contributed by atoms with E-state index in [1.807, 2.05) is 0 Å². The van der Waals surface area contributed by atoms with Crippen LogP contribution in [0.15, 0.2) is 11.6 Å². The van der Waals surface area contributed by atoms with Gasteiger partial charge in [-0.1, -0.05) is 32.4 Å². The van der Waals surface area contributed by atoms with Gasteiger partial charge in [-0.25, -0.2) is 13.1 Å². The molecule has 7 heteroatoms. The summed E-state index contributed by atoms with van der Waals surface area (Å²) >= 11 is 0. The van der Waals surface area contributed by atoms with Gasteiger partial charge in [-0.05, 0) is 98.2 Å². The molecule has 5 aliphatic rings. The maximum atomic E-state index is 12.9. The van der Waals surface area contributed by atoms with E-state index in [2.05, 4.69) is 31.6 Å². The minimum atomic E-state index is -3.24. The van der Waals surface area contributed by atoms with Gasteiger partial charge in [0.05, 0.1) is 11.9 Å². The predicted molar refractivity (Wildman–Crippen MR) is 138 cm³/mol. The van der Waals surface area contributed by atoms with E-state index in [-0.39, 0.29) is 23.2 Å². The molecule has 198 valence electrons. The third kappa shape index (κ3) is 4.63. The number of sulfonamides is 1. The van der Waals surface area contributed by atoms with Gasteiger partial charge in [0, 0.05) is 26.1 Å². The Morgan fingerprint density at radius 1 is 1.17 bits per heavy atom.